The molecular weight excluding hydrogens is 291 g/mol. The topological polar surface area (TPSA) is 47.9 Å². The third-order valence-electron chi connectivity index (χ3n) is 4.04. The molecule has 1 aromatic rings. The van der Waals surface area contributed by atoms with E-state index < -0.39 is 5.60 Å². The summed E-state index contributed by atoms with van der Waals surface area (Å²) in [6.07, 6.45) is 0.594. The van der Waals surface area contributed by atoms with E-state index in [9.17, 15) is 5.11 Å². The molecule has 0 atom stereocenters. The monoisotopic (exact) mass is 320 g/mol. The predicted octanol–water partition coefficient (Wildman–Crippen LogP) is 2.61. The Morgan fingerprint density at radius 3 is 2.17 bits per heavy atom. The molecule has 0 unspecified atom stereocenters. The van der Waals surface area contributed by atoms with Gasteiger partial charge in [0, 0.05) is 25.0 Å². The molecular formula is C18H29BO4. The number of aryl methyl sites for hydroxylation is 2. The Morgan fingerprint density at radius 1 is 1.17 bits per heavy atom. The van der Waals surface area contributed by atoms with Gasteiger partial charge in [-0.1, -0.05) is 13.8 Å². The van der Waals surface area contributed by atoms with Crippen molar-refractivity contribution in [2.24, 2.45) is 5.41 Å². The molecule has 0 spiro atoms. The molecule has 0 bridgehead atoms. The highest BCUT2D eigenvalue weighted by Crippen LogP contribution is 2.24. The minimum absolute atomic E-state index is 0.0679. The van der Waals surface area contributed by atoms with E-state index in [-0.39, 0.29) is 12.5 Å². The lowest BCUT2D eigenvalue weighted by molar-refractivity contribution is 0.0342. The van der Waals surface area contributed by atoms with Crippen LogP contribution in [0.25, 0.3) is 0 Å². The van der Waals surface area contributed by atoms with E-state index in [1.54, 1.807) is 13.8 Å². The first-order valence-electron chi connectivity index (χ1n) is 8.27. The van der Waals surface area contributed by atoms with Crippen LogP contribution in [0.1, 0.15) is 45.2 Å². The highest BCUT2D eigenvalue weighted by Gasteiger charge is 2.35. The normalized spacial score (nSPS) is 18.1. The van der Waals surface area contributed by atoms with Gasteiger partial charge in [-0.3, -0.25) is 0 Å². The molecule has 0 amide bonds. The van der Waals surface area contributed by atoms with Crippen LogP contribution in [0.15, 0.2) is 12.1 Å². The van der Waals surface area contributed by atoms with Crippen LogP contribution in [0.2, 0.25) is 0 Å². The first-order chi connectivity index (χ1) is 10.6. The van der Waals surface area contributed by atoms with Gasteiger partial charge in [0.1, 0.15) is 5.75 Å². The number of hydrogen-bond acceptors (Lipinski definition) is 4. The maximum atomic E-state index is 9.75. The maximum absolute atomic E-state index is 9.75. The van der Waals surface area contributed by atoms with Crippen molar-refractivity contribution in [1.82, 2.24) is 0 Å². The fraction of sp³-hybridized carbons (Fsp3) is 0.667. The van der Waals surface area contributed by atoms with Crippen LogP contribution in [0.5, 0.6) is 5.75 Å². The molecule has 128 valence electrons. The molecule has 0 aliphatic carbocycles. The molecule has 4 nitrogen and oxygen atoms in total. The van der Waals surface area contributed by atoms with E-state index >= 15 is 0 Å². The van der Waals surface area contributed by atoms with Gasteiger partial charge in [0.05, 0.1) is 12.2 Å². The molecule has 2 rings (SSSR count). The summed E-state index contributed by atoms with van der Waals surface area (Å²) >= 11 is 0. The van der Waals surface area contributed by atoms with Gasteiger partial charge in [0.25, 0.3) is 0 Å². The molecule has 0 aromatic heterocycles. The van der Waals surface area contributed by atoms with Gasteiger partial charge in [-0.05, 0) is 56.4 Å². The van der Waals surface area contributed by atoms with E-state index in [1.165, 1.54) is 0 Å². The minimum Gasteiger partial charge on any atom is -0.493 e. The van der Waals surface area contributed by atoms with Crippen LogP contribution in [-0.2, 0) is 9.31 Å². The summed E-state index contributed by atoms with van der Waals surface area (Å²) < 4.78 is 17.6. The average molecular weight is 320 g/mol. The highest BCUT2D eigenvalue weighted by atomic mass is 16.6. The van der Waals surface area contributed by atoms with Gasteiger partial charge in [-0.25, -0.2) is 0 Å². The summed E-state index contributed by atoms with van der Waals surface area (Å²) in [6.45, 7) is 13.8. The van der Waals surface area contributed by atoms with Crippen molar-refractivity contribution < 1.29 is 19.2 Å². The largest absolute Gasteiger partial charge is 0.494 e. The van der Waals surface area contributed by atoms with Crippen LogP contribution in [0.3, 0.4) is 0 Å². The Morgan fingerprint density at radius 2 is 1.70 bits per heavy atom. The lowest BCUT2D eigenvalue weighted by atomic mass is 9.71. The van der Waals surface area contributed by atoms with Gasteiger partial charge >= 0.3 is 7.12 Å². The van der Waals surface area contributed by atoms with Crippen molar-refractivity contribution in [3.8, 4) is 5.75 Å². The van der Waals surface area contributed by atoms with E-state index in [1.807, 2.05) is 12.1 Å². The van der Waals surface area contributed by atoms with Gasteiger partial charge in [0.15, 0.2) is 0 Å². The molecule has 1 fully saturated rings. The van der Waals surface area contributed by atoms with Crippen LogP contribution < -0.4 is 10.2 Å². The quantitative estimate of drug-likeness (QED) is 0.847. The fourth-order valence-electron chi connectivity index (χ4n) is 2.67. The highest BCUT2D eigenvalue weighted by molar-refractivity contribution is 6.62. The molecule has 1 saturated heterocycles. The lowest BCUT2D eigenvalue weighted by Gasteiger charge is -2.34. The standard InChI is InChI=1S/C18H29BO4/c1-13-9-15(21-8-7-18(5,6)20)10-14(2)16(13)19-22-11-17(3,4)12-23-19/h9-10,20H,7-8,11-12H2,1-6H3. The van der Waals surface area contributed by atoms with Crippen molar-refractivity contribution >= 4 is 12.6 Å². The van der Waals surface area contributed by atoms with Crippen molar-refractivity contribution in [2.75, 3.05) is 19.8 Å². The Hall–Kier alpha value is -1.04. The summed E-state index contributed by atoms with van der Waals surface area (Å²) in [7, 11) is -0.298. The van der Waals surface area contributed by atoms with E-state index in [0.717, 1.165) is 22.3 Å². The predicted molar refractivity (Wildman–Crippen MR) is 93.4 cm³/mol. The Balaban J connectivity index is 2.06. The molecule has 1 N–H and O–H groups in total. The first-order valence-corrected chi connectivity index (χ1v) is 8.27. The van der Waals surface area contributed by atoms with E-state index in [2.05, 4.69) is 27.7 Å². The fourth-order valence-corrected chi connectivity index (χ4v) is 2.67. The number of rotatable bonds is 5. The Labute approximate surface area is 140 Å². The summed E-state index contributed by atoms with van der Waals surface area (Å²) in [4.78, 5) is 0. The van der Waals surface area contributed by atoms with Gasteiger partial charge < -0.3 is 19.2 Å². The molecule has 0 radical (unpaired) electrons. The smallest absolute Gasteiger partial charge is 0.493 e. The summed E-state index contributed by atoms with van der Waals surface area (Å²) in [5.41, 5.74) is 2.66. The van der Waals surface area contributed by atoms with Gasteiger partial charge in [-0.2, -0.15) is 0 Å². The second-order valence-electron chi connectivity index (χ2n) is 8.00. The Bertz CT molecular complexity index is 515. The zero-order chi connectivity index (χ0) is 17.3. The van der Waals surface area contributed by atoms with Crippen LogP contribution in [0, 0.1) is 19.3 Å². The lowest BCUT2D eigenvalue weighted by Crippen LogP contribution is -2.49. The molecule has 1 aliphatic rings. The summed E-state index contributed by atoms with van der Waals surface area (Å²) in [6, 6.07) is 4.03. The maximum Gasteiger partial charge on any atom is 0.494 e. The van der Waals surface area contributed by atoms with Gasteiger partial charge in [0.2, 0.25) is 0 Å². The van der Waals surface area contributed by atoms with E-state index in [0.29, 0.717) is 26.2 Å². The van der Waals surface area contributed by atoms with E-state index in [4.69, 9.17) is 14.0 Å². The summed E-state index contributed by atoms with van der Waals surface area (Å²) in [5.74, 6) is 0.823. The number of ether oxygens (including phenoxy) is 1. The molecule has 0 saturated carbocycles. The number of benzene rings is 1. The van der Waals surface area contributed by atoms with Crippen LogP contribution in [-0.4, -0.2) is 37.6 Å². The Kier molecular flexibility index (Phi) is 5.44. The third kappa shape index (κ3) is 5.23. The van der Waals surface area contributed by atoms with Crippen molar-refractivity contribution in [3.05, 3.63) is 23.3 Å². The van der Waals surface area contributed by atoms with Crippen molar-refractivity contribution in [2.45, 2.75) is 53.6 Å². The third-order valence-corrected chi connectivity index (χ3v) is 4.04. The minimum atomic E-state index is -0.708. The molecule has 5 heteroatoms. The SMILES string of the molecule is Cc1cc(OCCC(C)(C)O)cc(C)c1B1OCC(C)(C)CO1. The van der Waals surface area contributed by atoms with Crippen molar-refractivity contribution in [1.29, 1.82) is 0 Å². The van der Waals surface area contributed by atoms with Gasteiger partial charge in [-0.15, -0.1) is 0 Å². The number of aliphatic hydroxyl groups is 1. The molecule has 23 heavy (non-hydrogen) atoms. The summed E-state index contributed by atoms with van der Waals surface area (Å²) in [5, 5.41) is 9.75. The zero-order valence-electron chi connectivity index (χ0n) is 15.2. The second-order valence-corrected chi connectivity index (χ2v) is 8.00. The number of hydrogen-bond donors (Lipinski definition) is 1. The molecule has 1 heterocycles. The first kappa shape index (κ1) is 18.3. The molecule has 1 aromatic carbocycles. The zero-order valence-corrected chi connectivity index (χ0v) is 15.2. The van der Waals surface area contributed by atoms with Crippen LogP contribution in [0.4, 0.5) is 0 Å². The average Bonchev–Trinajstić information content (AvgIpc) is 2.38. The second kappa shape index (κ2) is 6.84. The van der Waals surface area contributed by atoms with Crippen molar-refractivity contribution in [3.63, 3.8) is 0 Å². The molecule has 1 aliphatic heterocycles. The van der Waals surface area contributed by atoms with Crippen LogP contribution >= 0.6 is 0 Å².